The van der Waals surface area contributed by atoms with Gasteiger partial charge in [-0.1, -0.05) is 25.9 Å². The van der Waals surface area contributed by atoms with Gasteiger partial charge in [-0.05, 0) is 13.8 Å². The predicted octanol–water partition coefficient (Wildman–Crippen LogP) is 1.90. The maximum atomic E-state index is 11.8. The monoisotopic (exact) mass is 270 g/mol. The van der Waals surface area contributed by atoms with Crippen molar-refractivity contribution < 1.29 is 19.2 Å². The van der Waals surface area contributed by atoms with Crippen molar-refractivity contribution in [1.82, 2.24) is 5.16 Å². The zero-order valence-electron chi connectivity index (χ0n) is 12.1. The van der Waals surface area contributed by atoms with E-state index in [1.807, 2.05) is 34.6 Å². The highest BCUT2D eigenvalue weighted by Crippen LogP contribution is 2.26. The van der Waals surface area contributed by atoms with E-state index >= 15 is 0 Å². The fourth-order valence-corrected chi connectivity index (χ4v) is 1.29. The van der Waals surface area contributed by atoms with E-state index in [1.165, 1.54) is 0 Å². The molecule has 2 N–H and O–H groups in total. The molecule has 0 saturated heterocycles. The molecule has 0 spiro atoms. The quantitative estimate of drug-likeness (QED) is 0.853. The second-order valence-corrected chi connectivity index (χ2v) is 5.86. The lowest BCUT2D eigenvalue weighted by atomic mass is 9.96. The molecular formula is C13H22N2O4. The van der Waals surface area contributed by atoms with E-state index in [-0.39, 0.29) is 25.0 Å². The number of ether oxygens (including phenoxy) is 1. The van der Waals surface area contributed by atoms with Gasteiger partial charge >= 0.3 is 0 Å². The van der Waals surface area contributed by atoms with Gasteiger partial charge in [-0.25, -0.2) is 0 Å². The van der Waals surface area contributed by atoms with Crippen molar-refractivity contribution >= 4 is 11.8 Å². The number of anilines is 1. The van der Waals surface area contributed by atoms with Crippen molar-refractivity contribution in [2.24, 2.45) is 5.41 Å². The molecule has 0 atom stereocenters. The van der Waals surface area contributed by atoms with E-state index in [0.717, 1.165) is 0 Å². The summed E-state index contributed by atoms with van der Waals surface area (Å²) >= 11 is 0. The Labute approximate surface area is 113 Å². The Bertz CT molecular complexity index is 432. The summed E-state index contributed by atoms with van der Waals surface area (Å²) in [5.41, 5.74) is -0.627. The maximum Gasteiger partial charge on any atom is 0.232 e. The number of nitrogens with one attached hydrogen (secondary N) is 1. The summed E-state index contributed by atoms with van der Waals surface area (Å²) in [5.74, 6) is 0.139. The van der Waals surface area contributed by atoms with Crippen LogP contribution >= 0.6 is 0 Å². The predicted molar refractivity (Wildman–Crippen MR) is 70.7 cm³/mol. The number of hydrogen-bond donors (Lipinski definition) is 2. The molecule has 0 saturated carbocycles. The highest BCUT2D eigenvalue weighted by atomic mass is 16.5. The van der Waals surface area contributed by atoms with E-state index in [0.29, 0.717) is 5.69 Å². The maximum absolute atomic E-state index is 11.8. The number of aliphatic hydroxyl groups is 1. The number of hydrogen-bond acceptors (Lipinski definition) is 5. The number of aliphatic hydroxyl groups excluding tert-OH is 1. The minimum absolute atomic E-state index is 0.0606. The Morgan fingerprint density at radius 1 is 1.42 bits per heavy atom. The van der Waals surface area contributed by atoms with Crippen LogP contribution < -0.4 is 5.32 Å². The summed E-state index contributed by atoms with van der Waals surface area (Å²) in [7, 11) is 0. The zero-order chi connectivity index (χ0) is 14.7. The van der Waals surface area contributed by atoms with Crippen molar-refractivity contribution in [3.8, 4) is 0 Å². The van der Waals surface area contributed by atoms with E-state index in [2.05, 4.69) is 10.5 Å². The Hall–Kier alpha value is -1.40. The third-order valence-electron chi connectivity index (χ3n) is 2.60. The van der Waals surface area contributed by atoms with E-state index in [4.69, 9.17) is 14.4 Å². The molecule has 6 heteroatoms. The van der Waals surface area contributed by atoms with Crippen molar-refractivity contribution in [1.29, 1.82) is 0 Å². The van der Waals surface area contributed by atoms with Gasteiger partial charge in [-0.15, -0.1) is 0 Å². The van der Waals surface area contributed by atoms with Crippen LogP contribution in [-0.4, -0.2) is 29.4 Å². The fourth-order valence-electron chi connectivity index (χ4n) is 1.29. The van der Waals surface area contributed by atoms with Gasteiger partial charge in [0.1, 0.15) is 11.3 Å². The summed E-state index contributed by atoms with van der Waals surface area (Å²) in [5, 5.41) is 15.3. The Morgan fingerprint density at radius 3 is 2.58 bits per heavy atom. The van der Waals surface area contributed by atoms with Crippen LogP contribution in [0, 0.1) is 5.41 Å². The Morgan fingerprint density at radius 2 is 2.05 bits per heavy atom. The fraction of sp³-hybridized carbons (Fsp3) is 0.692. The molecule has 1 heterocycles. The van der Waals surface area contributed by atoms with Crippen molar-refractivity contribution in [3.63, 3.8) is 0 Å². The second kappa shape index (κ2) is 5.71. The lowest BCUT2D eigenvalue weighted by Crippen LogP contribution is -2.27. The topological polar surface area (TPSA) is 84.6 Å². The summed E-state index contributed by atoms with van der Waals surface area (Å²) in [4.78, 5) is 11.8. The molecule has 1 aromatic rings. The van der Waals surface area contributed by atoms with Crippen LogP contribution in [0.5, 0.6) is 0 Å². The molecule has 0 aromatic carbocycles. The largest absolute Gasteiger partial charge is 0.394 e. The van der Waals surface area contributed by atoms with Crippen LogP contribution in [0.15, 0.2) is 10.6 Å². The normalized spacial score (nSPS) is 12.5. The summed E-state index contributed by atoms with van der Waals surface area (Å²) < 4.78 is 10.5. The molecule has 0 aliphatic carbocycles. The van der Waals surface area contributed by atoms with Crippen molar-refractivity contribution in [2.45, 2.75) is 40.2 Å². The number of rotatable bonds is 5. The molecule has 0 bridgehead atoms. The summed E-state index contributed by atoms with van der Waals surface area (Å²) in [6.45, 7) is 9.22. The molecule has 108 valence electrons. The van der Waals surface area contributed by atoms with Crippen LogP contribution in [0.4, 0.5) is 5.88 Å². The molecule has 0 fully saturated rings. The molecular weight excluding hydrogens is 248 g/mol. The van der Waals surface area contributed by atoms with Crippen LogP contribution in [0.25, 0.3) is 0 Å². The summed E-state index contributed by atoms with van der Waals surface area (Å²) in [6, 6.07) is 1.63. The van der Waals surface area contributed by atoms with Crippen LogP contribution in [0.1, 0.15) is 40.3 Å². The lowest BCUT2D eigenvalue weighted by molar-refractivity contribution is -0.123. The van der Waals surface area contributed by atoms with E-state index in [9.17, 15) is 4.79 Å². The van der Waals surface area contributed by atoms with Gasteiger partial charge in [0.05, 0.1) is 13.2 Å². The first-order valence-electron chi connectivity index (χ1n) is 6.20. The molecule has 0 aliphatic rings. The van der Waals surface area contributed by atoms with E-state index in [1.54, 1.807) is 6.07 Å². The number of carbonyl (C=O) groups is 1. The number of aromatic nitrogens is 1. The van der Waals surface area contributed by atoms with Gasteiger partial charge in [0, 0.05) is 11.5 Å². The lowest BCUT2D eigenvalue weighted by Gasteiger charge is -2.21. The third kappa shape index (κ3) is 4.33. The van der Waals surface area contributed by atoms with Gasteiger partial charge < -0.3 is 14.4 Å². The molecule has 0 radical (unpaired) electrons. The van der Waals surface area contributed by atoms with Gasteiger partial charge in [0.15, 0.2) is 0 Å². The highest BCUT2D eigenvalue weighted by molar-refractivity contribution is 5.93. The molecule has 1 aromatic heterocycles. The first-order chi connectivity index (χ1) is 8.66. The Kier molecular flexibility index (Phi) is 4.70. The molecule has 0 aliphatic heterocycles. The Balaban J connectivity index is 2.74. The molecule has 0 unspecified atom stereocenters. The molecule has 19 heavy (non-hydrogen) atoms. The van der Waals surface area contributed by atoms with E-state index < -0.39 is 11.0 Å². The van der Waals surface area contributed by atoms with Gasteiger partial charge in [0.25, 0.3) is 0 Å². The van der Waals surface area contributed by atoms with Gasteiger partial charge in [-0.2, -0.15) is 0 Å². The van der Waals surface area contributed by atoms with Crippen LogP contribution in [0.3, 0.4) is 0 Å². The zero-order valence-corrected chi connectivity index (χ0v) is 12.1. The third-order valence-corrected chi connectivity index (χ3v) is 2.60. The smallest absolute Gasteiger partial charge is 0.232 e. The summed E-state index contributed by atoms with van der Waals surface area (Å²) in [6.07, 6.45) is 0. The highest BCUT2D eigenvalue weighted by Gasteiger charge is 2.27. The first kappa shape index (κ1) is 15.7. The first-order valence-corrected chi connectivity index (χ1v) is 6.20. The number of carbonyl (C=O) groups excluding carboxylic acids is 1. The standard InChI is InChI=1S/C13H22N2O4/c1-12(2,3)11(17)14-10-8-9(15-19-10)13(4,5)18-7-6-16/h8,16H,6-7H2,1-5H3,(H,14,17). The number of nitrogens with zero attached hydrogens (tertiary/aromatic N) is 1. The van der Waals surface area contributed by atoms with Gasteiger partial charge in [0.2, 0.25) is 11.8 Å². The van der Waals surface area contributed by atoms with Crippen molar-refractivity contribution in [3.05, 3.63) is 11.8 Å². The second-order valence-electron chi connectivity index (χ2n) is 5.86. The number of amides is 1. The minimum atomic E-state index is -0.684. The van der Waals surface area contributed by atoms with Gasteiger partial charge in [-0.3, -0.25) is 10.1 Å². The average molecular weight is 270 g/mol. The minimum Gasteiger partial charge on any atom is -0.394 e. The molecule has 1 rings (SSSR count). The van der Waals surface area contributed by atoms with Crippen LogP contribution in [0.2, 0.25) is 0 Å². The molecule has 1 amide bonds. The molecule has 6 nitrogen and oxygen atoms in total. The average Bonchev–Trinajstić information content (AvgIpc) is 2.74. The van der Waals surface area contributed by atoms with Crippen molar-refractivity contribution in [2.75, 3.05) is 18.5 Å². The SMILES string of the molecule is CC(C)(C)C(=O)Nc1cc(C(C)(C)OCCO)no1. The van der Waals surface area contributed by atoms with Crippen LogP contribution in [-0.2, 0) is 15.1 Å².